The Balaban J connectivity index is 1.67. The van der Waals surface area contributed by atoms with Gasteiger partial charge in [0.1, 0.15) is 5.84 Å². The summed E-state index contributed by atoms with van der Waals surface area (Å²) < 4.78 is 0. The van der Waals surface area contributed by atoms with Crippen molar-refractivity contribution >= 4 is 5.84 Å². The van der Waals surface area contributed by atoms with Crippen LogP contribution in [0.25, 0.3) is 0 Å². The van der Waals surface area contributed by atoms with Gasteiger partial charge in [0, 0.05) is 24.1 Å². The van der Waals surface area contributed by atoms with Gasteiger partial charge in [-0.15, -0.1) is 0 Å². The van der Waals surface area contributed by atoms with Crippen molar-refractivity contribution in [1.82, 2.24) is 4.90 Å². The van der Waals surface area contributed by atoms with Gasteiger partial charge in [-0.2, -0.15) is 0 Å². The minimum Gasteiger partial charge on any atom is -0.366 e. The normalized spacial score (nSPS) is 26.9. The van der Waals surface area contributed by atoms with Crippen molar-refractivity contribution in [3.8, 4) is 0 Å². The number of benzene rings is 2. The number of aliphatic imine (C=N–C) groups is 1. The van der Waals surface area contributed by atoms with Crippen LogP contribution in [0.2, 0.25) is 0 Å². The number of hydrogen-bond donors (Lipinski definition) is 1. The first kappa shape index (κ1) is 17.9. The molecule has 0 amide bonds. The zero-order chi connectivity index (χ0) is 19.7. The van der Waals surface area contributed by atoms with Crippen molar-refractivity contribution in [3.05, 3.63) is 70.3 Å². The minimum absolute atomic E-state index is 0.131. The van der Waals surface area contributed by atoms with E-state index in [9.17, 15) is 5.11 Å². The van der Waals surface area contributed by atoms with E-state index in [1.807, 2.05) is 0 Å². The van der Waals surface area contributed by atoms with Crippen LogP contribution in [0.5, 0.6) is 0 Å². The van der Waals surface area contributed by atoms with Crippen LogP contribution in [0.15, 0.2) is 47.5 Å². The van der Waals surface area contributed by atoms with E-state index in [0.29, 0.717) is 6.42 Å². The highest BCUT2D eigenvalue weighted by Crippen LogP contribution is 2.48. The van der Waals surface area contributed by atoms with Crippen molar-refractivity contribution in [2.24, 2.45) is 4.99 Å². The molecule has 3 aliphatic rings. The maximum atomic E-state index is 12.0. The number of hydrogen-bond acceptors (Lipinski definition) is 3. The molecule has 2 heterocycles. The van der Waals surface area contributed by atoms with E-state index < -0.39 is 5.72 Å². The van der Waals surface area contributed by atoms with Gasteiger partial charge in [-0.3, -0.25) is 4.99 Å². The number of fused-ring (bicyclic) bond motifs is 4. The first-order valence-corrected chi connectivity index (χ1v) is 10.5. The van der Waals surface area contributed by atoms with Gasteiger partial charge in [-0.25, -0.2) is 0 Å². The van der Waals surface area contributed by atoms with Crippen molar-refractivity contribution in [1.29, 1.82) is 0 Å². The highest BCUT2D eigenvalue weighted by Gasteiger charge is 2.46. The standard InChI is InChI=1S/C25H30N2O/c1-23(2)11-12-24(3,4)21-15-18(9-10-20(21)23)25(28)16-17-7-5-6-8-19(17)22-26-13-14-27(22)25/h5-10,15,28H,11-14,16H2,1-4H3. The molecule has 0 saturated carbocycles. The molecule has 2 aliphatic heterocycles. The van der Waals surface area contributed by atoms with Crippen molar-refractivity contribution in [3.63, 3.8) is 0 Å². The summed E-state index contributed by atoms with van der Waals surface area (Å²) in [6, 6.07) is 15.1. The minimum atomic E-state index is -1.03. The summed E-state index contributed by atoms with van der Waals surface area (Å²) in [5.41, 5.74) is 5.46. The molecule has 1 unspecified atom stereocenters. The van der Waals surface area contributed by atoms with Gasteiger partial charge in [-0.1, -0.05) is 70.2 Å². The molecular formula is C25H30N2O. The van der Waals surface area contributed by atoms with Gasteiger partial charge < -0.3 is 10.0 Å². The Labute approximate surface area is 168 Å². The van der Waals surface area contributed by atoms with Gasteiger partial charge in [0.15, 0.2) is 5.72 Å². The highest BCUT2D eigenvalue weighted by molar-refractivity contribution is 6.02. The molecule has 2 aromatic rings. The van der Waals surface area contributed by atoms with Crippen LogP contribution in [0, 0.1) is 0 Å². The fourth-order valence-electron chi connectivity index (χ4n) is 5.39. The lowest BCUT2D eigenvalue weighted by molar-refractivity contribution is -0.0746. The van der Waals surface area contributed by atoms with E-state index >= 15 is 0 Å². The highest BCUT2D eigenvalue weighted by atomic mass is 16.3. The molecule has 0 fully saturated rings. The first-order valence-electron chi connectivity index (χ1n) is 10.5. The van der Waals surface area contributed by atoms with Crippen molar-refractivity contribution in [2.45, 2.75) is 63.5 Å². The third-order valence-corrected chi connectivity index (χ3v) is 7.30. The topological polar surface area (TPSA) is 35.8 Å². The Bertz CT molecular complexity index is 988. The fourth-order valence-corrected chi connectivity index (χ4v) is 5.39. The molecule has 1 atom stereocenters. The van der Waals surface area contributed by atoms with Crippen LogP contribution >= 0.6 is 0 Å². The zero-order valence-electron chi connectivity index (χ0n) is 17.4. The summed E-state index contributed by atoms with van der Waals surface area (Å²) in [4.78, 5) is 6.86. The lowest BCUT2D eigenvalue weighted by Gasteiger charge is -2.46. The molecule has 146 valence electrons. The SMILES string of the molecule is CC1(C)CCC(C)(C)c2cc(C3(O)Cc4ccccc4C4=NCCN43)ccc21. The van der Waals surface area contributed by atoms with Gasteiger partial charge in [0.2, 0.25) is 0 Å². The second kappa shape index (κ2) is 5.70. The van der Waals surface area contributed by atoms with Crippen LogP contribution in [0.3, 0.4) is 0 Å². The van der Waals surface area contributed by atoms with E-state index in [1.165, 1.54) is 35.1 Å². The van der Waals surface area contributed by atoms with Gasteiger partial charge in [0.05, 0.1) is 6.54 Å². The summed E-state index contributed by atoms with van der Waals surface area (Å²) in [6.45, 7) is 10.9. The lowest BCUT2D eigenvalue weighted by atomic mass is 9.62. The second-order valence-electron chi connectivity index (χ2n) is 10.0. The fraction of sp³-hybridized carbons (Fsp3) is 0.480. The monoisotopic (exact) mass is 374 g/mol. The largest absolute Gasteiger partial charge is 0.366 e. The molecular weight excluding hydrogens is 344 g/mol. The molecule has 3 nitrogen and oxygen atoms in total. The molecule has 0 spiro atoms. The first-order chi connectivity index (χ1) is 13.2. The molecule has 5 rings (SSSR count). The Morgan fingerprint density at radius 3 is 2.43 bits per heavy atom. The average molecular weight is 375 g/mol. The summed E-state index contributed by atoms with van der Waals surface area (Å²) >= 11 is 0. The summed E-state index contributed by atoms with van der Waals surface area (Å²) in [5, 5.41) is 12.0. The molecule has 28 heavy (non-hydrogen) atoms. The Hall–Kier alpha value is -2.13. The third kappa shape index (κ3) is 2.42. The number of nitrogens with zero attached hydrogens (tertiary/aromatic N) is 2. The Morgan fingerprint density at radius 2 is 1.64 bits per heavy atom. The Kier molecular flexibility index (Phi) is 3.65. The molecule has 0 saturated heterocycles. The number of aliphatic hydroxyl groups is 1. The van der Waals surface area contributed by atoms with Gasteiger partial charge in [-0.05, 0) is 40.4 Å². The predicted molar refractivity (Wildman–Crippen MR) is 114 cm³/mol. The van der Waals surface area contributed by atoms with Gasteiger partial charge >= 0.3 is 0 Å². The molecule has 0 bridgehead atoms. The number of rotatable bonds is 1. The van der Waals surface area contributed by atoms with Crippen LogP contribution < -0.4 is 0 Å². The maximum Gasteiger partial charge on any atom is 0.169 e. The average Bonchev–Trinajstić information content (AvgIpc) is 3.17. The van der Waals surface area contributed by atoms with E-state index in [0.717, 1.165) is 24.5 Å². The molecule has 3 heteroatoms. The molecule has 1 aliphatic carbocycles. The van der Waals surface area contributed by atoms with Crippen LogP contribution in [0.4, 0.5) is 0 Å². The third-order valence-electron chi connectivity index (χ3n) is 7.30. The smallest absolute Gasteiger partial charge is 0.169 e. The van der Waals surface area contributed by atoms with Crippen molar-refractivity contribution < 1.29 is 5.11 Å². The maximum absolute atomic E-state index is 12.0. The quantitative estimate of drug-likeness (QED) is 0.798. The van der Waals surface area contributed by atoms with Crippen LogP contribution in [-0.4, -0.2) is 28.9 Å². The van der Waals surface area contributed by atoms with Crippen LogP contribution in [0.1, 0.15) is 68.4 Å². The summed E-state index contributed by atoms with van der Waals surface area (Å²) in [5.74, 6) is 0.946. The van der Waals surface area contributed by atoms with Gasteiger partial charge in [0.25, 0.3) is 0 Å². The molecule has 2 aromatic carbocycles. The molecule has 1 N–H and O–H groups in total. The van der Waals surface area contributed by atoms with Crippen molar-refractivity contribution in [2.75, 3.05) is 13.1 Å². The van der Waals surface area contributed by atoms with Crippen LogP contribution in [-0.2, 0) is 23.0 Å². The van der Waals surface area contributed by atoms with E-state index in [2.05, 4.69) is 75.1 Å². The predicted octanol–water partition coefficient (Wildman–Crippen LogP) is 4.50. The summed E-state index contributed by atoms with van der Waals surface area (Å²) in [7, 11) is 0. The zero-order valence-corrected chi connectivity index (χ0v) is 17.4. The number of amidine groups is 1. The van der Waals surface area contributed by atoms with E-state index in [1.54, 1.807) is 0 Å². The van der Waals surface area contributed by atoms with E-state index in [-0.39, 0.29) is 10.8 Å². The Morgan fingerprint density at radius 1 is 0.929 bits per heavy atom. The lowest BCUT2D eigenvalue weighted by Crippen LogP contribution is -2.53. The summed E-state index contributed by atoms with van der Waals surface area (Å²) in [6.07, 6.45) is 2.98. The molecule has 0 aromatic heterocycles. The van der Waals surface area contributed by atoms with E-state index in [4.69, 9.17) is 4.99 Å². The molecule has 0 radical (unpaired) electrons. The second-order valence-corrected chi connectivity index (χ2v) is 10.0.